The summed E-state index contributed by atoms with van der Waals surface area (Å²) in [5, 5.41) is 17.5. The number of carboxylic acid groups (broad SMARTS) is 1. The average Bonchev–Trinajstić information content (AvgIpc) is 3.04. The Morgan fingerprint density at radius 3 is 1.24 bits per heavy atom. The molecule has 0 aromatic heterocycles. The van der Waals surface area contributed by atoms with E-state index in [0.717, 1.165) is 38.5 Å². The van der Waals surface area contributed by atoms with Gasteiger partial charge in [0.25, 0.3) is 0 Å². The van der Waals surface area contributed by atoms with E-state index in [2.05, 4.69) is 78.8 Å². The van der Waals surface area contributed by atoms with Crippen molar-refractivity contribution in [3.05, 3.63) is 0 Å². The van der Waals surface area contributed by atoms with E-state index < -0.39 is 5.97 Å². The molecule has 50 heavy (non-hydrogen) atoms. The number of esters is 3. The molecule has 0 aliphatic heterocycles. The van der Waals surface area contributed by atoms with Gasteiger partial charge in [-0.2, -0.15) is 0 Å². The molecule has 2 N–H and O–H groups in total. The Balaban J connectivity index is 0.000000713. The van der Waals surface area contributed by atoms with Gasteiger partial charge in [0.1, 0.15) is 19.8 Å². The standard InChI is InChI=1S/C15H26O4.C13H24O3.C11H20O2.I2/c1-11(13-6-5-7-15(3,4)10-13)14(17)19-9-8-18-12(2)16;1-10(12(15)16-8-7-14)11-5-4-6-13(2,3)9-11;1-8(10(12)13)9-5-4-6-11(2,3)7-9;1-2/h11,13H,5-10H2,1-4H3;10-11,14H,4-9H2,1-3H3;8-9H,4-7H2,1-3H3,(H,12,13);. The number of carbonyl (C=O) groups is 4. The van der Waals surface area contributed by atoms with E-state index in [1.165, 1.54) is 45.4 Å². The summed E-state index contributed by atoms with van der Waals surface area (Å²) in [6.45, 7) is 21.0. The number of hydrogen-bond acceptors (Lipinski definition) is 8. The fourth-order valence-electron chi connectivity index (χ4n) is 7.87. The first-order valence-electron chi connectivity index (χ1n) is 18.6. The number of aliphatic carboxylic acids is 1. The topological polar surface area (TPSA) is 136 Å². The second-order valence-electron chi connectivity index (χ2n) is 17.2. The van der Waals surface area contributed by atoms with E-state index in [1.807, 2.05) is 20.8 Å². The molecule has 11 heteroatoms. The van der Waals surface area contributed by atoms with Gasteiger partial charge in [-0.15, -0.1) is 0 Å². The van der Waals surface area contributed by atoms with E-state index >= 15 is 0 Å². The number of halogens is 2. The molecule has 0 aromatic carbocycles. The number of ether oxygens (including phenoxy) is 3. The molecule has 0 saturated heterocycles. The largest absolute Gasteiger partial charge is 0.481 e. The minimum absolute atomic E-state index is 0.0360. The summed E-state index contributed by atoms with van der Waals surface area (Å²) in [4.78, 5) is 45.0. The summed E-state index contributed by atoms with van der Waals surface area (Å²) in [5.41, 5.74) is 1.04. The summed E-state index contributed by atoms with van der Waals surface area (Å²) in [5.74, 6) is -0.351. The van der Waals surface area contributed by atoms with Crippen LogP contribution in [0.2, 0.25) is 0 Å². The van der Waals surface area contributed by atoms with Crippen LogP contribution in [0.4, 0.5) is 0 Å². The van der Waals surface area contributed by atoms with Gasteiger partial charge in [0.2, 0.25) is 0 Å². The number of aliphatic hydroxyl groups excluding tert-OH is 1. The van der Waals surface area contributed by atoms with Gasteiger partial charge in [-0.05, 0) is 91.8 Å². The molecule has 0 amide bonds. The lowest BCUT2D eigenvalue weighted by Crippen LogP contribution is -2.31. The first-order valence-corrected chi connectivity index (χ1v) is 24.9. The highest BCUT2D eigenvalue weighted by Crippen LogP contribution is 2.43. The molecule has 0 heterocycles. The third-order valence-electron chi connectivity index (χ3n) is 11.0. The number of carbonyl (C=O) groups excluding carboxylic acids is 3. The maximum atomic E-state index is 11.9. The Morgan fingerprint density at radius 1 is 0.620 bits per heavy atom. The van der Waals surface area contributed by atoms with Gasteiger partial charge in [0.05, 0.1) is 24.4 Å². The number of aliphatic hydroxyl groups is 1. The van der Waals surface area contributed by atoms with Crippen molar-refractivity contribution in [1.29, 1.82) is 0 Å². The molecule has 3 aliphatic rings. The lowest BCUT2D eigenvalue weighted by atomic mass is 9.68. The average molecular weight is 937 g/mol. The molecule has 3 rings (SSSR count). The van der Waals surface area contributed by atoms with Crippen molar-refractivity contribution < 1.29 is 43.6 Å². The van der Waals surface area contributed by atoms with Crippen LogP contribution in [0, 0.1) is 51.8 Å². The van der Waals surface area contributed by atoms with E-state index in [4.69, 9.17) is 24.4 Å². The summed E-state index contributed by atoms with van der Waals surface area (Å²) in [6.07, 6.45) is 13.9. The fraction of sp³-hybridized carbons (Fsp3) is 0.897. The van der Waals surface area contributed by atoms with Crippen LogP contribution in [0.5, 0.6) is 0 Å². The molecule has 3 saturated carbocycles. The predicted octanol–water partition coefficient (Wildman–Crippen LogP) is 10.0. The lowest BCUT2D eigenvalue weighted by Gasteiger charge is -2.37. The van der Waals surface area contributed by atoms with Gasteiger partial charge in [0, 0.05) is 44.2 Å². The zero-order chi connectivity index (χ0) is 38.7. The van der Waals surface area contributed by atoms with Crippen molar-refractivity contribution in [2.24, 2.45) is 51.8 Å². The Hall–Kier alpha value is -0.700. The van der Waals surface area contributed by atoms with Crippen LogP contribution in [0.3, 0.4) is 0 Å². The van der Waals surface area contributed by atoms with Crippen molar-refractivity contribution >= 4 is 61.1 Å². The van der Waals surface area contributed by atoms with Crippen LogP contribution in [0.15, 0.2) is 0 Å². The molecule has 6 unspecified atom stereocenters. The second kappa shape index (κ2) is 24.6. The third-order valence-corrected chi connectivity index (χ3v) is 11.0. The van der Waals surface area contributed by atoms with Gasteiger partial charge < -0.3 is 24.4 Å². The number of hydrogen-bond donors (Lipinski definition) is 2. The quantitative estimate of drug-likeness (QED) is 0.0898. The lowest BCUT2D eigenvalue weighted by molar-refractivity contribution is -0.156. The summed E-state index contributed by atoms with van der Waals surface area (Å²) < 4.78 is 14.9. The van der Waals surface area contributed by atoms with E-state index in [-0.39, 0.29) is 62.1 Å². The van der Waals surface area contributed by atoms with Gasteiger partial charge in [0.15, 0.2) is 0 Å². The maximum absolute atomic E-state index is 11.9. The van der Waals surface area contributed by atoms with Crippen LogP contribution >= 0.6 is 37.2 Å². The van der Waals surface area contributed by atoms with Gasteiger partial charge in [-0.3, -0.25) is 19.2 Å². The molecule has 0 radical (unpaired) electrons. The summed E-state index contributed by atoms with van der Waals surface area (Å²) in [7, 11) is 0. The molecule has 3 fully saturated rings. The Bertz CT molecular complexity index is 1010. The molecule has 294 valence electrons. The molecule has 6 atom stereocenters. The first kappa shape index (κ1) is 49.3. The molecular formula is C39H70I2O9. The van der Waals surface area contributed by atoms with Crippen molar-refractivity contribution in [3.8, 4) is 0 Å². The molecule has 0 aromatic rings. The van der Waals surface area contributed by atoms with E-state index in [0.29, 0.717) is 34.0 Å². The molecule has 3 aliphatic carbocycles. The first-order chi connectivity index (χ1) is 23.2. The number of rotatable bonds is 11. The Morgan fingerprint density at radius 2 is 0.940 bits per heavy atom. The van der Waals surface area contributed by atoms with Crippen LogP contribution < -0.4 is 0 Å². The van der Waals surface area contributed by atoms with Crippen LogP contribution in [0.25, 0.3) is 0 Å². The van der Waals surface area contributed by atoms with Gasteiger partial charge in [-0.1, -0.05) is 81.6 Å². The Labute approximate surface area is 327 Å². The SMILES string of the molecule is CC(=O)OCCOC(=O)C(C)C1CCCC(C)(C)C1.CC(C(=O)O)C1CCCC(C)(C)C1.CC(C(=O)OCCO)C1CCCC(C)(C)C1.II. The van der Waals surface area contributed by atoms with Crippen molar-refractivity contribution in [3.63, 3.8) is 0 Å². The molecule has 9 nitrogen and oxygen atoms in total. The van der Waals surface area contributed by atoms with Gasteiger partial charge in [-0.25, -0.2) is 0 Å². The molecule has 0 spiro atoms. The zero-order valence-electron chi connectivity index (χ0n) is 32.8. The minimum Gasteiger partial charge on any atom is -0.481 e. The van der Waals surface area contributed by atoms with E-state index in [9.17, 15) is 19.2 Å². The van der Waals surface area contributed by atoms with Crippen molar-refractivity contribution in [2.45, 2.75) is 146 Å². The third kappa shape index (κ3) is 20.5. The zero-order valence-corrected chi connectivity index (χ0v) is 37.1. The predicted molar refractivity (Wildman–Crippen MR) is 216 cm³/mol. The molecule has 0 bridgehead atoms. The highest BCUT2D eigenvalue weighted by molar-refractivity contribution is 15.0. The molecular weight excluding hydrogens is 866 g/mol. The van der Waals surface area contributed by atoms with Crippen LogP contribution in [-0.4, -0.2) is 60.5 Å². The normalized spacial score (nSPS) is 25.1. The number of carboxylic acids is 1. The van der Waals surface area contributed by atoms with Gasteiger partial charge >= 0.3 is 23.9 Å². The summed E-state index contributed by atoms with van der Waals surface area (Å²) in [6, 6.07) is 0. The second-order valence-corrected chi connectivity index (χ2v) is 17.2. The van der Waals surface area contributed by atoms with Crippen molar-refractivity contribution in [2.75, 3.05) is 26.4 Å². The van der Waals surface area contributed by atoms with Crippen molar-refractivity contribution in [1.82, 2.24) is 0 Å². The monoisotopic (exact) mass is 936 g/mol. The Kier molecular flexibility index (Phi) is 24.2. The maximum Gasteiger partial charge on any atom is 0.309 e. The highest BCUT2D eigenvalue weighted by atomic mass is 128. The highest BCUT2D eigenvalue weighted by Gasteiger charge is 2.36. The van der Waals surface area contributed by atoms with Crippen LogP contribution in [0.1, 0.15) is 146 Å². The summed E-state index contributed by atoms with van der Waals surface area (Å²) >= 11 is 4.24. The smallest absolute Gasteiger partial charge is 0.309 e. The van der Waals surface area contributed by atoms with E-state index in [1.54, 1.807) is 0 Å². The fourth-order valence-corrected chi connectivity index (χ4v) is 7.87. The van der Waals surface area contributed by atoms with Crippen LogP contribution in [-0.2, 0) is 33.4 Å². The minimum atomic E-state index is -0.636.